The number of aryl methyl sites for hydroxylation is 1. The summed E-state index contributed by atoms with van der Waals surface area (Å²) in [5, 5.41) is 21.7. The van der Waals surface area contributed by atoms with Crippen molar-refractivity contribution in [2.45, 2.75) is 25.7 Å². The van der Waals surface area contributed by atoms with Crippen LogP contribution in [0.3, 0.4) is 0 Å². The molecule has 0 fully saturated rings. The summed E-state index contributed by atoms with van der Waals surface area (Å²) >= 11 is 0. The summed E-state index contributed by atoms with van der Waals surface area (Å²) in [6.45, 7) is 2.55. The van der Waals surface area contributed by atoms with Crippen molar-refractivity contribution in [1.82, 2.24) is 5.32 Å². The molecule has 0 spiro atoms. The molecular weight excluding hydrogens is 312 g/mol. The maximum Gasteiger partial charge on any atom is 0.328 e. The van der Waals surface area contributed by atoms with Gasteiger partial charge in [0.15, 0.2) is 0 Å². The maximum absolute atomic E-state index is 11.0. The van der Waals surface area contributed by atoms with Crippen LogP contribution in [-0.2, 0) is 20.8 Å². The van der Waals surface area contributed by atoms with Crippen LogP contribution < -0.4 is 10.6 Å². The number of hydrogen-bond donors (Lipinski definition) is 4. The van der Waals surface area contributed by atoms with Crippen LogP contribution in [0.5, 0.6) is 0 Å². The van der Waals surface area contributed by atoms with E-state index in [0.29, 0.717) is 18.1 Å². The van der Waals surface area contributed by atoms with Crippen molar-refractivity contribution in [3.05, 3.63) is 41.5 Å². The van der Waals surface area contributed by atoms with Crippen LogP contribution >= 0.6 is 0 Å². The van der Waals surface area contributed by atoms with Gasteiger partial charge in [0, 0.05) is 31.3 Å². The van der Waals surface area contributed by atoms with Gasteiger partial charge in [-0.3, -0.25) is 4.79 Å². The van der Waals surface area contributed by atoms with Gasteiger partial charge in [-0.05, 0) is 49.1 Å². The number of likely N-dealkylation sites (N-methyl/N-ethyl adjacent to an activating group) is 1. The Bertz CT molecular complexity index is 622. The van der Waals surface area contributed by atoms with E-state index in [1.807, 2.05) is 13.1 Å². The van der Waals surface area contributed by atoms with Crippen LogP contribution in [0.25, 0.3) is 0 Å². The zero-order chi connectivity index (χ0) is 18.1. The summed E-state index contributed by atoms with van der Waals surface area (Å²) in [4.78, 5) is 30.1. The first-order chi connectivity index (χ1) is 11.3. The van der Waals surface area contributed by atoms with Crippen molar-refractivity contribution in [2.75, 3.05) is 18.9 Å². The first-order valence-corrected chi connectivity index (χ1v) is 7.52. The topological polar surface area (TPSA) is 116 Å². The lowest BCUT2D eigenvalue weighted by Gasteiger charge is -2.12. The average Bonchev–Trinajstić information content (AvgIpc) is 2.88. The highest BCUT2D eigenvalue weighted by Crippen LogP contribution is 2.34. The summed E-state index contributed by atoms with van der Waals surface area (Å²) in [5.74, 6) is -1.93. The van der Waals surface area contributed by atoms with E-state index in [4.69, 9.17) is 10.2 Å². The van der Waals surface area contributed by atoms with E-state index in [1.54, 1.807) is 0 Å². The van der Waals surface area contributed by atoms with Gasteiger partial charge in [0.05, 0.1) is 0 Å². The van der Waals surface area contributed by atoms with Crippen molar-refractivity contribution in [3.8, 4) is 0 Å². The van der Waals surface area contributed by atoms with Crippen LogP contribution in [-0.4, -0.2) is 41.7 Å². The summed E-state index contributed by atoms with van der Waals surface area (Å²) in [5.41, 5.74) is 3.73. The second-order valence-corrected chi connectivity index (χ2v) is 5.40. The van der Waals surface area contributed by atoms with Gasteiger partial charge in [-0.15, -0.1) is 0 Å². The number of hydrogen-bond acceptors (Lipinski definition) is 4. The molecule has 130 valence electrons. The Morgan fingerprint density at radius 3 is 2.33 bits per heavy atom. The fourth-order valence-electron chi connectivity index (χ4n) is 2.57. The number of carbonyl (C=O) groups is 3. The SMILES string of the molecule is CNCC1CCc2ccc(NC(C)=O)cc21.O=C(O)/C=C/C(=O)O. The average molecular weight is 334 g/mol. The van der Waals surface area contributed by atoms with E-state index in [9.17, 15) is 14.4 Å². The molecule has 4 N–H and O–H groups in total. The second kappa shape index (κ2) is 9.46. The maximum atomic E-state index is 11.0. The van der Waals surface area contributed by atoms with Crippen LogP contribution in [0.4, 0.5) is 5.69 Å². The van der Waals surface area contributed by atoms with Gasteiger partial charge in [-0.25, -0.2) is 9.59 Å². The molecule has 1 aromatic rings. The lowest BCUT2D eigenvalue weighted by Crippen LogP contribution is -2.15. The molecule has 1 aliphatic carbocycles. The molecule has 1 unspecified atom stereocenters. The summed E-state index contributed by atoms with van der Waals surface area (Å²) in [7, 11) is 1.98. The van der Waals surface area contributed by atoms with Crippen LogP contribution in [0.1, 0.15) is 30.4 Å². The van der Waals surface area contributed by atoms with Crippen molar-refractivity contribution in [2.24, 2.45) is 0 Å². The number of aliphatic carboxylic acids is 2. The third-order valence-corrected chi connectivity index (χ3v) is 3.49. The molecule has 0 bridgehead atoms. The molecule has 7 nitrogen and oxygen atoms in total. The zero-order valence-electron chi connectivity index (χ0n) is 13.7. The molecule has 1 aromatic carbocycles. The minimum absolute atomic E-state index is 0.0110. The van der Waals surface area contributed by atoms with Crippen molar-refractivity contribution < 1.29 is 24.6 Å². The highest BCUT2D eigenvalue weighted by atomic mass is 16.4. The molecular formula is C17H22N2O5. The Labute approximate surface area is 140 Å². The number of carbonyl (C=O) groups excluding carboxylic acids is 1. The van der Waals surface area contributed by atoms with Gasteiger partial charge >= 0.3 is 11.9 Å². The molecule has 1 atom stereocenters. The standard InChI is InChI=1S/C13H18N2O.C4H4O4/c1-9(16)15-12-6-5-10-3-4-11(8-14-2)13(10)7-12;5-3(6)1-2-4(7)8/h5-7,11,14H,3-4,8H2,1-2H3,(H,15,16);1-2H,(H,5,6)(H,7,8)/b;2-1+. The highest BCUT2D eigenvalue weighted by Gasteiger charge is 2.21. The molecule has 7 heteroatoms. The number of anilines is 1. The molecule has 1 aliphatic rings. The minimum atomic E-state index is -1.26. The molecule has 0 aliphatic heterocycles. The number of rotatable bonds is 5. The smallest absolute Gasteiger partial charge is 0.328 e. The van der Waals surface area contributed by atoms with E-state index in [2.05, 4.69) is 22.8 Å². The fraction of sp³-hybridized carbons (Fsp3) is 0.353. The minimum Gasteiger partial charge on any atom is -0.478 e. The van der Waals surface area contributed by atoms with Crippen molar-refractivity contribution in [3.63, 3.8) is 0 Å². The van der Waals surface area contributed by atoms with Gasteiger partial charge in [-0.2, -0.15) is 0 Å². The predicted molar refractivity (Wildman–Crippen MR) is 90.1 cm³/mol. The van der Waals surface area contributed by atoms with E-state index >= 15 is 0 Å². The molecule has 0 saturated carbocycles. The zero-order valence-corrected chi connectivity index (χ0v) is 13.7. The number of fused-ring (bicyclic) bond motifs is 1. The number of amides is 1. The first kappa shape index (κ1) is 19.4. The first-order valence-electron chi connectivity index (χ1n) is 7.52. The number of carboxylic acids is 2. The number of nitrogens with one attached hydrogen (secondary N) is 2. The molecule has 24 heavy (non-hydrogen) atoms. The molecule has 0 heterocycles. The Morgan fingerprint density at radius 2 is 1.83 bits per heavy atom. The van der Waals surface area contributed by atoms with E-state index in [1.165, 1.54) is 24.5 Å². The van der Waals surface area contributed by atoms with Crippen LogP contribution in [0, 0.1) is 0 Å². The summed E-state index contributed by atoms with van der Waals surface area (Å²) < 4.78 is 0. The summed E-state index contributed by atoms with van der Waals surface area (Å²) in [6, 6.07) is 6.24. The lowest BCUT2D eigenvalue weighted by molar-refractivity contribution is -0.134. The second-order valence-electron chi connectivity index (χ2n) is 5.40. The van der Waals surface area contributed by atoms with Gasteiger partial charge < -0.3 is 20.8 Å². The largest absolute Gasteiger partial charge is 0.478 e. The van der Waals surface area contributed by atoms with Crippen LogP contribution in [0.15, 0.2) is 30.4 Å². The molecule has 0 saturated heterocycles. The van der Waals surface area contributed by atoms with E-state index < -0.39 is 11.9 Å². The molecule has 0 radical (unpaired) electrons. The lowest BCUT2D eigenvalue weighted by atomic mass is 10.0. The van der Waals surface area contributed by atoms with Gasteiger partial charge in [-0.1, -0.05) is 6.07 Å². The predicted octanol–water partition coefficient (Wildman–Crippen LogP) is 1.61. The van der Waals surface area contributed by atoms with Gasteiger partial charge in [0.25, 0.3) is 0 Å². The fourth-order valence-corrected chi connectivity index (χ4v) is 2.57. The Morgan fingerprint density at radius 1 is 1.21 bits per heavy atom. The quantitative estimate of drug-likeness (QED) is 0.608. The Kier molecular flexibility index (Phi) is 7.64. The Balaban J connectivity index is 0.000000307. The summed E-state index contributed by atoms with van der Waals surface area (Å²) in [6.07, 6.45) is 3.48. The highest BCUT2D eigenvalue weighted by molar-refractivity contribution is 5.89. The number of benzene rings is 1. The monoisotopic (exact) mass is 334 g/mol. The van der Waals surface area contributed by atoms with Crippen molar-refractivity contribution >= 4 is 23.5 Å². The van der Waals surface area contributed by atoms with Crippen molar-refractivity contribution in [1.29, 1.82) is 0 Å². The van der Waals surface area contributed by atoms with Gasteiger partial charge in [0.2, 0.25) is 5.91 Å². The molecule has 0 aromatic heterocycles. The third-order valence-electron chi connectivity index (χ3n) is 3.49. The molecule has 2 rings (SSSR count). The Hall–Kier alpha value is -2.67. The van der Waals surface area contributed by atoms with Gasteiger partial charge in [0.1, 0.15) is 0 Å². The number of carboxylic acid groups (broad SMARTS) is 2. The normalized spacial score (nSPS) is 15.3. The van der Waals surface area contributed by atoms with E-state index in [-0.39, 0.29) is 5.91 Å². The third kappa shape index (κ3) is 6.62. The van der Waals surface area contributed by atoms with Crippen LogP contribution in [0.2, 0.25) is 0 Å². The van der Waals surface area contributed by atoms with E-state index in [0.717, 1.165) is 18.7 Å². The molecule has 1 amide bonds.